The van der Waals surface area contributed by atoms with Crippen molar-refractivity contribution in [2.75, 3.05) is 18.0 Å². The van der Waals surface area contributed by atoms with Crippen LogP contribution >= 0.6 is 11.6 Å². The number of guanidine groups is 1. The topological polar surface area (TPSA) is 47.4 Å². The molecule has 0 radical (unpaired) electrons. The van der Waals surface area contributed by atoms with E-state index in [-0.39, 0.29) is 18.4 Å². The highest BCUT2D eigenvalue weighted by Crippen LogP contribution is 2.22. The normalized spacial score (nSPS) is 16.1. The third-order valence-corrected chi connectivity index (χ3v) is 2.81. The minimum Gasteiger partial charge on any atom is -0.303 e. The lowest BCUT2D eigenvalue weighted by Crippen LogP contribution is -2.33. The second-order valence-electron chi connectivity index (χ2n) is 3.52. The van der Waals surface area contributed by atoms with Gasteiger partial charge in [0.25, 0.3) is 0 Å². The first-order valence-corrected chi connectivity index (χ1v) is 5.43. The lowest BCUT2D eigenvalue weighted by atomic mass is 10.3. The average molecular weight is 238 g/mol. The van der Waals surface area contributed by atoms with Gasteiger partial charge in [0.2, 0.25) is 11.9 Å². The van der Waals surface area contributed by atoms with Crippen molar-refractivity contribution in [2.24, 2.45) is 0 Å². The van der Waals surface area contributed by atoms with Gasteiger partial charge in [0, 0.05) is 17.3 Å². The van der Waals surface area contributed by atoms with E-state index in [0.29, 0.717) is 11.6 Å². The predicted octanol–water partition coefficient (Wildman–Crippen LogP) is 1.94. The molecule has 0 unspecified atom stereocenters. The maximum Gasteiger partial charge on any atom is 0.249 e. The fourth-order valence-electron chi connectivity index (χ4n) is 1.72. The zero-order chi connectivity index (χ0) is 11.7. The van der Waals surface area contributed by atoms with E-state index < -0.39 is 0 Å². The molecule has 0 aromatic heterocycles. The van der Waals surface area contributed by atoms with Gasteiger partial charge in [-0.3, -0.25) is 15.1 Å². The minimum absolute atomic E-state index is 0.0394. The van der Waals surface area contributed by atoms with Crippen molar-refractivity contribution in [3.8, 4) is 0 Å². The number of carbonyl (C=O) groups is 1. The first-order valence-electron chi connectivity index (χ1n) is 5.05. The third-order valence-electron chi connectivity index (χ3n) is 2.56. The molecule has 84 valence electrons. The maximum atomic E-state index is 11.6. The van der Waals surface area contributed by atoms with Crippen LogP contribution in [0.4, 0.5) is 5.69 Å². The zero-order valence-corrected chi connectivity index (χ0v) is 9.66. The molecule has 0 spiro atoms. The van der Waals surface area contributed by atoms with Gasteiger partial charge in [-0.25, -0.2) is 0 Å². The number of benzene rings is 1. The molecule has 1 aromatic carbocycles. The molecule has 1 heterocycles. The molecule has 5 heteroatoms. The van der Waals surface area contributed by atoms with Crippen LogP contribution in [0.2, 0.25) is 5.02 Å². The van der Waals surface area contributed by atoms with Gasteiger partial charge in [-0.2, -0.15) is 0 Å². The molecule has 2 rings (SSSR count). The van der Waals surface area contributed by atoms with E-state index in [9.17, 15) is 4.79 Å². The van der Waals surface area contributed by atoms with Crippen LogP contribution in [-0.2, 0) is 4.79 Å². The molecule has 1 saturated heterocycles. The SMILES string of the molecule is CCN1C(=N)N(c2ccc(Cl)cc2)CC1=O. The van der Waals surface area contributed by atoms with Crippen molar-refractivity contribution in [1.82, 2.24) is 4.90 Å². The Morgan fingerprint density at radius 2 is 2.00 bits per heavy atom. The van der Waals surface area contributed by atoms with Crippen molar-refractivity contribution in [2.45, 2.75) is 6.92 Å². The predicted molar refractivity (Wildman–Crippen MR) is 63.9 cm³/mol. The van der Waals surface area contributed by atoms with Gasteiger partial charge in [0.05, 0.1) is 0 Å². The van der Waals surface area contributed by atoms with Crippen molar-refractivity contribution in [3.05, 3.63) is 29.3 Å². The summed E-state index contributed by atoms with van der Waals surface area (Å²) in [7, 11) is 0. The number of amides is 1. The molecule has 1 fully saturated rings. The maximum absolute atomic E-state index is 11.6. The van der Waals surface area contributed by atoms with Gasteiger partial charge in [-0.15, -0.1) is 0 Å². The van der Waals surface area contributed by atoms with Crippen molar-refractivity contribution in [1.29, 1.82) is 5.41 Å². The first kappa shape index (κ1) is 11.0. The molecule has 0 atom stereocenters. The van der Waals surface area contributed by atoms with Crippen LogP contribution in [-0.4, -0.2) is 29.9 Å². The highest BCUT2D eigenvalue weighted by molar-refractivity contribution is 6.30. The number of hydrogen-bond acceptors (Lipinski definition) is 2. The molecule has 1 aliphatic heterocycles. The second kappa shape index (κ2) is 4.14. The highest BCUT2D eigenvalue weighted by atomic mass is 35.5. The van der Waals surface area contributed by atoms with Crippen LogP contribution in [0.25, 0.3) is 0 Å². The van der Waals surface area contributed by atoms with Crippen LogP contribution in [0.1, 0.15) is 6.92 Å². The van der Waals surface area contributed by atoms with Crippen LogP contribution in [0, 0.1) is 5.41 Å². The fraction of sp³-hybridized carbons (Fsp3) is 0.273. The summed E-state index contributed by atoms with van der Waals surface area (Å²) in [5, 5.41) is 8.53. The van der Waals surface area contributed by atoms with E-state index in [4.69, 9.17) is 17.0 Å². The third kappa shape index (κ3) is 1.76. The van der Waals surface area contributed by atoms with E-state index in [1.54, 1.807) is 17.0 Å². The summed E-state index contributed by atoms with van der Waals surface area (Å²) in [4.78, 5) is 14.7. The number of carbonyl (C=O) groups excluding carboxylic acids is 1. The standard InChI is InChI=1S/C11H12ClN3O/c1-2-14-10(16)7-15(11(14)13)9-5-3-8(12)4-6-9/h3-6,13H,2,7H2,1H3. The van der Waals surface area contributed by atoms with Gasteiger partial charge >= 0.3 is 0 Å². The summed E-state index contributed by atoms with van der Waals surface area (Å²) < 4.78 is 0. The summed E-state index contributed by atoms with van der Waals surface area (Å²) in [5.41, 5.74) is 0.818. The summed E-state index contributed by atoms with van der Waals surface area (Å²) >= 11 is 5.79. The molecule has 1 aliphatic rings. The van der Waals surface area contributed by atoms with E-state index in [1.165, 1.54) is 4.90 Å². The van der Waals surface area contributed by atoms with Crippen LogP contribution in [0.3, 0.4) is 0 Å². The second-order valence-corrected chi connectivity index (χ2v) is 3.96. The number of likely N-dealkylation sites (N-methyl/N-ethyl adjacent to an activating group) is 1. The zero-order valence-electron chi connectivity index (χ0n) is 8.90. The molecule has 16 heavy (non-hydrogen) atoms. The minimum atomic E-state index is -0.0394. The summed E-state index contributed by atoms with van der Waals surface area (Å²) in [6.07, 6.45) is 0. The molecule has 0 aliphatic carbocycles. The average Bonchev–Trinajstić information content (AvgIpc) is 2.55. The Morgan fingerprint density at radius 3 is 2.50 bits per heavy atom. The summed E-state index contributed by atoms with van der Waals surface area (Å²) in [6, 6.07) is 7.12. The van der Waals surface area contributed by atoms with Crippen molar-refractivity contribution in [3.63, 3.8) is 0 Å². The largest absolute Gasteiger partial charge is 0.303 e. The smallest absolute Gasteiger partial charge is 0.249 e. The molecular weight excluding hydrogens is 226 g/mol. The molecule has 1 N–H and O–H groups in total. The Labute approximate surface area is 98.9 Å². The van der Waals surface area contributed by atoms with Crippen LogP contribution < -0.4 is 4.90 Å². The Kier molecular flexibility index (Phi) is 2.83. The van der Waals surface area contributed by atoms with Crippen molar-refractivity contribution >= 4 is 29.2 Å². The van der Waals surface area contributed by atoms with E-state index in [0.717, 1.165) is 5.69 Å². The molecule has 1 amide bonds. The van der Waals surface area contributed by atoms with Crippen LogP contribution in [0.15, 0.2) is 24.3 Å². The summed E-state index contributed by atoms with van der Waals surface area (Å²) in [6.45, 7) is 2.62. The Hall–Kier alpha value is -1.55. The van der Waals surface area contributed by atoms with Gasteiger partial charge in [-0.05, 0) is 31.2 Å². The molecule has 4 nitrogen and oxygen atoms in total. The van der Waals surface area contributed by atoms with Crippen LogP contribution in [0.5, 0.6) is 0 Å². The molecule has 1 aromatic rings. The van der Waals surface area contributed by atoms with Gasteiger partial charge in [-0.1, -0.05) is 11.6 Å². The number of halogens is 1. The van der Waals surface area contributed by atoms with E-state index in [2.05, 4.69) is 0 Å². The lowest BCUT2D eigenvalue weighted by Gasteiger charge is -2.18. The molecule has 0 saturated carbocycles. The number of nitrogens with one attached hydrogen (secondary N) is 1. The van der Waals surface area contributed by atoms with Gasteiger partial charge in [0.1, 0.15) is 6.54 Å². The molecular formula is C11H12ClN3O. The Morgan fingerprint density at radius 1 is 1.38 bits per heavy atom. The quantitative estimate of drug-likeness (QED) is 0.855. The fourth-order valence-corrected chi connectivity index (χ4v) is 1.85. The number of rotatable bonds is 2. The number of nitrogens with zero attached hydrogens (tertiary/aromatic N) is 2. The van der Waals surface area contributed by atoms with E-state index in [1.807, 2.05) is 19.1 Å². The Balaban J connectivity index is 2.27. The summed E-state index contributed by atoms with van der Waals surface area (Å²) in [5.74, 6) is 0.192. The van der Waals surface area contributed by atoms with Gasteiger partial charge in [0.15, 0.2) is 0 Å². The molecule has 0 bridgehead atoms. The number of hydrogen-bond donors (Lipinski definition) is 1. The van der Waals surface area contributed by atoms with E-state index >= 15 is 0 Å². The van der Waals surface area contributed by atoms with Gasteiger partial charge < -0.3 is 4.90 Å². The van der Waals surface area contributed by atoms with Crippen molar-refractivity contribution < 1.29 is 4.79 Å². The highest BCUT2D eigenvalue weighted by Gasteiger charge is 2.32. The monoisotopic (exact) mass is 237 g/mol. The Bertz CT molecular complexity index is 429. The number of anilines is 1. The first-order chi connectivity index (χ1) is 7.63. The lowest BCUT2D eigenvalue weighted by molar-refractivity contribution is -0.124.